The van der Waals surface area contributed by atoms with Gasteiger partial charge in [0.15, 0.2) is 11.5 Å². The number of ether oxygens (including phenoxy) is 2. The van der Waals surface area contributed by atoms with E-state index in [0.29, 0.717) is 24.7 Å². The van der Waals surface area contributed by atoms with Crippen molar-refractivity contribution in [3.05, 3.63) is 53.6 Å². The van der Waals surface area contributed by atoms with Crippen LogP contribution in [0.25, 0.3) is 0 Å². The van der Waals surface area contributed by atoms with Gasteiger partial charge in [-0.3, -0.25) is 20.4 Å². The monoisotopic (exact) mass is 405 g/mol. The third kappa shape index (κ3) is 4.07. The molecule has 1 heterocycles. The van der Waals surface area contributed by atoms with Gasteiger partial charge in [-0.1, -0.05) is 6.07 Å². The van der Waals surface area contributed by atoms with Crippen molar-refractivity contribution in [1.82, 2.24) is 15.2 Å². The number of benzene rings is 2. The molecule has 0 saturated heterocycles. The Bertz CT molecular complexity index is 1020. The van der Waals surface area contributed by atoms with Crippen molar-refractivity contribution in [2.75, 3.05) is 27.3 Å². The van der Waals surface area contributed by atoms with Crippen molar-refractivity contribution >= 4 is 21.8 Å². The molecule has 0 aromatic heterocycles. The second-order valence-corrected chi connectivity index (χ2v) is 8.23. The highest BCUT2D eigenvalue weighted by atomic mass is 32.2. The average molecular weight is 405 g/mol. The van der Waals surface area contributed by atoms with Crippen LogP contribution in [0.5, 0.6) is 11.5 Å². The summed E-state index contributed by atoms with van der Waals surface area (Å²) in [6.45, 7) is 0.832. The first kappa shape index (κ1) is 19.6. The van der Waals surface area contributed by atoms with Crippen LogP contribution in [0.15, 0.2) is 47.4 Å². The van der Waals surface area contributed by atoms with Crippen LogP contribution in [-0.2, 0) is 10.0 Å². The van der Waals surface area contributed by atoms with Gasteiger partial charge in [0.2, 0.25) is 10.0 Å². The number of carbonyl (C=O) groups excluding carboxylic acids is 2. The van der Waals surface area contributed by atoms with E-state index in [9.17, 15) is 18.0 Å². The first-order valence-corrected chi connectivity index (χ1v) is 9.76. The molecule has 1 aliphatic rings. The number of nitrogens with zero attached hydrogens (tertiary/aromatic N) is 1. The van der Waals surface area contributed by atoms with Crippen LogP contribution in [0, 0.1) is 0 Å². The summed E-state index contributed by atoms with van der Waals surface area (Å²) in [5, 5.41) is 0. The van der Waals surface area contributed by atoms with Crippen molar-refractivity contribution in [2.24, 2.45) is 0 Å². The van der Waals surface area contributed by atoms with Gasteiger partial charge in [-0.25, -0.2) is 12.7 Å². The Morgan fingerprint density at radius 1 is 0.893 bits per heavy atom. The number of nitrogens with one attached hydrogen (secondary N) is 2. The molecule has 0 radical (unpaired) electrons. The minimum Gasteiger partial charge on any atom is -0.486 e. The van der Waals surface area contributed by atoms with Gasteiger partial charge in [0.05, 0.1) is 4.90 Å². The third-order valence-corrected chi connectivity index (χ3v) is 5.78. The molecular weight excluding hydrogens is 386 g/mol. The second-order valence-electron chi connectivity index (χ2n) is 6.08. The zero-order chi connectivity index (χ0) is 20.3. The Kier molecular flexibility index (Phi) is 5.52. The summed E-state index contributed by atoms with van der Waals surface area (Å²) in [5.74, 6) is -0.207. The van der Waals surface area contributed by atoms with E-state index in [1.807, 2.05) is 0 Å². The van der Waals surface area contributed by atoms with Crippen LogP contribution < -0.4 is 20.3 Å². The molecule has 9 nitrogen and oxygen atoms in total. The molecular formula is C18H19N3O6S. The van der Waals surface area contributed by atoms with Crippen LogP contribution in [0.1, 0.15) is 20.7 Å². The van der Waals surface area contributed by atoms with Crippen molar-refractivity contribution < 1.29 is 27.5 Å². The minimum absolute atomic E-state index is 0.0247. The maximum Gasteiger partial charge on any atom is 0.269 e. The molecule has 0 fully saturated rings. The number of carbonyl (C=O) groups is 2. The van der Waals surface area contributed by atoms with Crippen molar-refractivity contribution in [3.8, 4) is 11.5 Å². The van der Waals surface area contributed by atoms with Gasteiger partial charge in [-0.15, -0.1) is 0 Å². The SMILES string of the molecule is CN(C)S(=O)(=O)c1cccc(C(=O)NNC(=O)c2ccc3c(c2)OCCO3)c1. The molecule has 148 valence electrons. The van der Waals surface area contributed by atoms with Gasteiger partial charge in [-0.2, -0.15) is 0 Å². The van der Waals surface area contributed by atoms with Gasteiger partial charge in [0.25, 0.3) is 11.8 Å². The first-order chi connectivity index (χ1) is 13.3. The topological polar surface area (TPSA) is 114 Å². The molecule has 0 unspecified atom stereocenters. The predicted molar refractivity (Wildman–Crippen MR) is 99.7 cm³/mol. The fourth-order valence-electron chi connectivity index (χ4n) is 2.45. The van der Waals surface area contributed by atoms with E-state index in [1.54, 1.807) is 12.1 Å². The number of sulfonamides is 1. The molecule has 0 atom stereocenters. The quantitative estimate of drug-likeness (QED) is 0.727. The van der Waals surface area contributed by atoms with E-state index in [-0.39, 0.29) is 16.0 Å². The van der Waals surface area contributed by atoms with Crippen LogP contribution in [0.2, 0.25) is 0 Å². The van der Waals surface area contributed by atoms with Gasteiger partial charge in [0.1, 0.15) is 13.2 Å². The van der Waals surface area contributed by atoms with E-state index < -0.39 is 21.8 Å². The average Bonchev–Trinajstić information content (AvgIpc) is 2.71. The molecule has 10 heteroatoms. The molecule has 3 rings (SSSR count). The Labute approximate surface area is 162 Å². The smallest absolute Gasteiger partial charge is 0.269 e. The third-order valence-electron chi connectivity index (χ3n) is 3.97. The molecule has 28 heavy (non-hydrogen) atoms. The molecule has 0 saturated carbocycles. The number of hydrogen-bond donors (Lipinski definition) is 2. The highest BCUT2D eigenvalue weighted by molar-refractivity contribution is 7.89. The van der Waals surface area contributed by atoms with E-state index in [2.05, 4.69) is 10.9 Å². The Morgan fingerprint density at radius 2 is 1.50 bits per heavy atom. The molecule has 2 amide bonds. The molecule has 1 aliphatic heterocycles. The standard InChI is InChI=1S/C18H19N3O6S/c1-21(2)28(24,25)14-5-3-4-12(10-14)17(22)19-20-18(23)13-6-7-15-16(11-13)27-9-8-26-15/h3-7,10-11H,8-9H2,1-2H3,(H,19,22)(H,20,23). The largest absolute Gasteiger partial charge is 0.486 e. The number of hydrogen-bond acceptors (Lipinski definition) is 6. The summed E-state index contributed by atoms with van der Waals surface area (Å²) in [4.78, 5) is 24.5. The van der Waals surface area contributed by atoms with Crippen molar-refractivity contribution in [3.63, 3.8) is 0 Å². The summed E-state index contributed by atoms with van der Waals surface area (Å²) >= 11 is 0. The fraction of sp³-hybridized carbons (Fsp3) is 0.222. The lowest BCUT2D eigenvalue weighted by molar-refractivity contribution is 0.0846. The summed E-state index contributed by atoms with van der Waals surface area (Å²) < 4.78 is 36.2. The first-order valence-electron chi connectivity index (χ1n) is 8.32. The zero-order valence-corrected chi connectivity index (χ0v) is 16.1. The van der Waals surface area contributed by atoms with E-state index in [4.69, 9.17) is 9.47 Å². The van der Waals surface area contributed by atoms with E-state index >= 15 is 0 Å². The van der Waals surface area contributed by atoms with E-state index in [0.717, 1.165) is 4.31 Å². The fourth-order valence-corrected chi connectivity index (χ4v) is 3.40. The Balaban J connectivity index is 1.68. The number of hydrazine groups is 1. The Hall–Kier alpha value is -3.11. The van der Waals surface area contributed by atoms with Gasteiger partial charge >= 0.3 is 0 Å². The maximum atomic E-state index is 12.3. The summed E-state index contributed by atoms with van der Waals surface area (Å²) in [7, 11) is -0.879. The highest BCUT2D eigenvalue weighted by Gasteiger charge is 2.19. The number of rotatable bonds is 4. The normalized spacial score (nSPS) is 13.1. The number of amides is 2. The van der Waals surface area contributed by atoms with Gasteiger partial charge < -0.3 is 9.47 Å². The predicted octanol–water partition coefficient (Wildman–Crippen LogP) is 0.783. The lowest BCUT2D eigenvalue weighted by Gasteiger charge is -2.18. The lowest BCUT2D eigenvalue weighted by Crippen LogP contribution is -2.41. The molecule has 0 bridgehead atoms. The van der Waals surface area contributed by atoms with Crippen LogP contribution in [0.3, 0.4) is 0 Å². The molecule has 2 aromatic carbocycles. The molecule has 0 spiro atoms. The van der Waals surface area contributed by atoms with Crippen molar-refractivity contribution in [1.29, 1.82) is 0 Å². The summed E-state index contributed by atoms with van der Waals surface area (Å²) in [5.41, 5.74) is 4.92. The zero-order valence-electron chi connectivity index (χ0n) is 15.3. The van der Waals surface area contributed by atoms with Gasteiger partial charge in [0, 0.05) is 25.2 Å². The minimum atomic E-state index is -3.68. The van der Waals surface area contributed by atoms with Crippen LogP contribution in [-0.4, -0.2) is 51.8 Å². The number of fused-ring (bicyclic) bond motifs is 1. The molecule has 2 N–H and O–H groups in total. The molecule has 0 aliphatic carbocycles. The molecule has 2 aromatic rings. The van der Waals surface area contributed by atoms with Crippen LogP contribution >= 0.6 is 0 Å². The second kappa shape index (κ2) is 7.87. The Morgan fingerprint density at radius 3 is 2.14 bits per heavy atom. The maximum absolute atomic E-state index is 12.3. The van der Waals surface area contributed by atoms with E-state index in [1.165, 1.54) is 44.4 Å². The van der Waals surface area contributed by atoms with Crippen molar-refractivity contribution in [2.45, 2.75) is 4.90 Å². The van der Waals surface area contributed by atoms with Gasteiger partial charge in [-0.05, 0) is 36.4 Å². The lowest BCUT2D eigenvalue weighted by atomic mass is 10.2. The summed E-state index contributed by atoms with van der Waals surface area (Å²) in [6.07, 6.45) is 0. The highest BCUT2D eigenvalue weighted by Crippen LogP contribution is 2.30. The summed E-state index contributed by atoms with van der Waals surface area (Å²) in [6, 6.07) is 10.2. The van der Waals surface area contributed by atoms with Crippen LogP contribution in [0.4, 0.5) is 0 Å².